The summed E-state index contributed by atoms with van der Waals surface area (Å²) in [6.07, 6.45) is -0.213. The fourth-order valence-corrected chi connectivity index (χ4v) is 2.08. The molecule has 0 aromatic heterocycles. The van der Waals surface area contributed by atoms with E-state index in [9.17, 15) is 13.2 Å². The summed E-state index contributed by atoms with van der Waals surface area (Å²) in [4.78, 5) is 0. The number of nitrogens with one attached hydrogen (secondary N) is 1. The van der Waals surface area contributed by atoms with Crippen LogP contribution in [0, 0.1) is 0 Å². The van der Waals surface area contributed by atoms with Crippen LogP contribution in [0.2, 0.25) is 0 Å². The molecule has 0 radical (unpaired) electrons. The van der Waals surface area contributed by atoms with E-state index in [1.54, 1.807) is 7.11 Å². The molecule has 0 bridgehead atoms. The monoisotopic (exact) mass is 383 g/mol. The lowest BCUT2D eigenvalue weighted by Crippen LogP contribution is -2.05. The molecule has 2 aromatic carbocycles. The van der Waals surface area contributed by atoms with Crippen LogP contribution in [-0.2, 0) is 12.7 Å². The van der Waals surface area contributed by atoms with Crippen molar-refractivity contribution in [3.63, 3.8) is 0 Å². The summed E-state index contributed by atoms with van der Waals surface area (Å²) in [5, 5.41) is 3.13. The molecule has 0 unspecified atom stereocenters. The average Bonchev–Trinajstić information content (AvgIpc) is 2.69. The van der Waals surface area contributed by atoms with Crippen molar-refractivity contribution in [1.29, 1.82) is 0 Å². The molecule has 0 atom stereocenters. The molecule has 5 heteroatoms. The number of alkyl halides is 3. The van der Waals surface area contributed by atoms with E-state index in [4.69, 9.17) is 4.74 Å². The maximum absolute atomic E-state index is 12.4. The van der Waals surface area contributed by atoms with Crippen molar-refractivity contribution in [3.05, 3.63) is 59.7 Å². The second-order valence-electron chi connectivity index (χ2n) is 5.63. The van der Waals surface area contributed by atoms with Crippen LogP contribution < -0.4 is 10.1 Å². The van der Waals surface area contributed by atoms with Gasteiger partial charge < -0.3 is 10.1 Å². The number of rotatable bonds is 6. The SMILES string of the molecule is CC.CCCCC.COc1ccc(NCc2ccc(C(F)(F)F)cc2)cc1. The maximum Gasteiger partial charge on any atom is 0.416 e. The molecule has 0 saturated heterocycles. The molecule has 152 valence electrons. The highest BCUT2D eigenvalue weighted by Crippen LogP contribution is 2.29. The normalized spacial score (nSPS) is 10.1. The Balaban J connectivity index is 0.000000838. The van der Waals surface area contributed by atoms with Gasteiger partial charge in [-0.3, -0.25) is 0 Å². The number of unbranched alkanes of at least 4 members (excludes halogenated alkanes) is 2. The number of halogens is 3. The predicted molar refractivity (Wildman–Crippen MR) is 108 cm³/mol. The van der Waals surface area contributed by atoms with Crippen molar-refractivity contribution in [1.82, 2.24) is 0 Å². The van der Waals surface area contributed by atoms with Crippen LogP contribution in [0.5, 0.6) is 5.75 Å². The predicted octanol–water partition coefficient (Wildman–Crippen LogP) is 7.55. The molecule has 0 saturated carbocycles. The van der Waals surface area contributed by atoms with Crippen molar-refractivity contribution in [2.24, 2.45) is 0 Å². The minimum absolute atomic E-state index is 0.463. The highest BCUT2D eigenvalue weighted by Gasteiger charge is 2.29. The minimum Gasteiger partial charge on any atom is -0.497 e. The molecule has 0 aliphatic heterocycles. The highest BCUT2D eigenvalue weighted by molar-refractivity contribution is 5.46. The molecule has 2 aromatic rings. The molecule has 0 amide bonds. The summed E-state index contributed by atoms with van der Waals surface area (Å²) in [5.74, 6) is 0.755. The van der Waals surface area contributed by atoms with E-state index >= 15 is 0 Å². The molecule has 27 heavy (non-hydrogen) atoms. The van der Waals surface area contributed by atoms with Crippen molar-refractivity contribution in [2.45, 2.75) is 59.7 Å². The Hall–Kier alpha value is -2.17. The number of methoxy groups -OCH3 is 1. The van der Waals surface area contributed by atoms with Gasteiger partial charge in [-0.2, -0.15) is 13.2 Å². The third kappa shape index (κ3) is 10.5. The standard InChI is InChI=1S/C15H14F3NO.C5H12.C2H6/c1-20-14-8-6-13(7-9-14)19-10-11-2-4-12(5-3-11)15(16,17)18;1-3-5-4-2;1-2/h2-9,19H,10H2,1H3;3-5H2,1-2H3;1-2H3. The zero-order valence-corrected chi connectivity index (χ0v) is 17.0. The van der Waals surface area contributed by atoms with Gasteiger partial charge in [-0.05, 0) is 42.0 Å². The van der Waals surface area contributed by atoms with Gasteiger partial charge >= 0.3 is 6.18 Å². The molecular formula is C22H32F3NO. The zero-order valence-electron chi connectivity index (χ0n) is 17.0. The Morgan fingerprint density at radius 2 is 1.37 bits per heavy atom. The average molecular weight is 383 g/mol. The number of anilines is 1. The summed E-state index contributed by atoms with van der Waals surface area (Å²) in [5.41, 5.74) is 1.03. The number of hydrogen-bond acceptors (Lipinski definition) is 2. The van der Waals surface area contributed by atoms with E-state index in [2.05, 4.69) is 19.2 Å². The van der Waals surface area contributed by atoms with Gasteiger partial charge in [0.15, 0.2) is 0 Å². The second kappa shape index (κ2) is 14.0. The topological polar surface area (TPSA) is 21.3 Å². The van der Waals surface area contributed by atoms with Crippen LogP contribution >= 0.6 is 0 Å². The molecule has 0 spiro atoms. The summed E-state index contributed by atoms with van der Waals surface area (Å²) in [7, 11) is 1.59. The van der Waals surface area contributed by atoms with Gasteiger partial charge in [0.05, 0.1) is 12.7 Å². The van der Waals surface area contributed by atoms with Crippen LogP contribution in [0.4, 0.5) is 18.9 Å². The number of ether oxygens (including phenoxy) is 1. The van der Waals surface area contributed by atoms with Crippen LogP contribution in [0.1, 0.15) is 58.1 Å². The third-order valence-electron chi connectivity index (χ3n) is 3.58. The van der Waals surface area contributed by atoms with E-state index < -0.39 is 11.7 Å². The fourth-order valence-electron chi connectivity index (χ4n) is 2.08. The molecule has 1 N–H and O–H groups in total. The quantitative estimate of drug-likeness (QED) is 0.556. The van der Waals surface area contributed by atoms with Gasteiger partial charge in [0.1, 0.15) is 5.75 Å². The van der Waals surface area contributed by atoms with Crippen LogP contribution in [0.15, 0.2) is 48.5 Å². The Bertz CT molecular complexity index is 590. The van der Waals surface area contributed by atoms with Gasteiger partial charge in [0, 0.05) is 12.2 Å². The van der Waals surface area contributed by atoms with Crippen LogP contribution in [0.25, 0.3) is 0 Å². The summed E-state index contributed by atoms with van der Waals surface area (Å²) >= 11 is 0. The zero-order chi connectivity index (χ0) is 20.7. The first-order valence-corrected chi connectivity index (χ1v) is 9.44. The first-order chi connectivity index (χ1) is 12.9. The van der Waals surface area contributed by atoms with Gasteiger partial charge in [-0.1, -0.05) is 59.1 Å². The number of benzene rings is 2. The lowest BCUT2D eigenvalue weighted by atomic mass is 10.1. The highest BCUT2D eigenvalue weighted by atomic mass is 19.4. The largest absolute Gasteiger partial charge is 0.497 e. The molecule has 0 heterocycles. The van der Waals surface area contributed by atoms with E-state index in [-0.39, 0.29) is 0 Å². The van der Waals surface area contributed by atoms with Crippen molar-refractivity contribution >= 4 is 5.69 Å². The Morgan fingerprint density at radius 3 is 1.74 bits per heavy atom. The van der Waals surface area contributed by atoms with Crippen molar-refractivity contribution < 1.29 is 17.9 Å². The minimum atomic E-state index is -4.29. The number of hydrogen-bond donors (Lipinski definition) is 1. The van der Waals surface area contributed by atoms with Crippen molar-refractivity contribution in [3.8, 4) is 5.75 Å². The lowest BCUT2D eigenvalue weighted by Gasteiger charge is -2.09. The third-order valence-corrected chi connectivity index (χ3v) is 3.58. The summed E-state index contributed by atoms with van der Waals surface area (Å²) in [6.45, 7) is 8.89. The Labute approximate surface area is 161 Å². The molecular weight excluding hydrogens is 351 g/mol. The Morgan fingerprint density at radius 1 is 0.852 bits per heavy atom. The molecule has 2 nitrogen and oxygen atoms in total. The van der Waals surface area contributed by atoms with Gasteiger partial charge in [-0.25, -0.2) is 0 Å². The first-order valence-electron chi connectivity index (χ1n) is 9.44. The fraction of sp³-hybridized carbons (Fsp3) is 0.455. The lowest BCUT2D eigenvalue weighted by molar-refractivity contribution is -0.137. The molecule has 0 aliphatic rings. The van der Waals surface area contributed by atoms with Gasteiger partial charge in [0.25, 0.3) is 0 Å². The maximum atomic E-state index is 12.4. The molecule has 0 aliphatic carbocycles. The van der Waals surface area contributed by atoms with Crippen molar-refractivity contribution in [2.75, 3.05) is 12.4 Å². The van der Waals surface area contributed by atoms with E-state index in [1.165, 1.54) is 31.4 Å². The van der Waals surface area contributed by atoms with Gasteiger partial charge in [0.2, 0.25) is 0 Å². The Kier molecular flexibility index (Phi) is 12.8. The summed E-state index contributed by atoms with van der Waals surface area (Å²) < 4.78 is 42.3. The van der Waals surface area contributed by atoms with Gasteiger partial charge in [-0.15, -0.1) is 0 Å². The molecule has 2 rings (SSSR count). The van der Waals surface area contributed by atoms with Crippen LogP contribution in [-0.4, -0.2) is 7.11 Å². The van der Waals surface area contributed by atoms with E-state index in [1.807, 2.05) is 38.1 Å². The van der Waals surface area contributed by atoms with Crippen LogP contribution in [0.3, 0.4) is 0 Å². The second-order valence-corrected chi connectivity index (χ2v) is 5.63. The first kappa shape index (κ1) is 24.8. The molecule has 0 fully saturated rings. The van der Waals surface area contributed by atoms with E-state index in [0.29, 0.717) is 6.54 Å². The van der Waals surface area contributed by atoms with E-state index in [0.717, 1.165) is 29.1 Å². The smallest absolute Gasteiger partial charge is 0.416 e. The summed E-state index contributed by atoms with van der Waals surface area (Å²) in [6, 6.07) is 12.4.